The molecular formula is C5H18Si3. The molecule has 0 aromatic heterocycles. The Balaban J connectivity index is 3.71. The normalized spacial score (nSPS) is 14.2. The minimum absolute atomic E-state index is 0.179. The highest BCUT2D eigenvalue weighted by Crippen LogP contribution is 2.03. The van der Waals surface area contributed by atoms with Crippen molar-refractivity contribution >= 4 is 24.5 Å². The molecule has 0 saturated carbocycles. The van der Waals surface area contributed by atoms with Gasteiger partial charge < -0.3 is 0 Å². The Morgan fingerprint density at radius 3 is 1.62 bits per heavy atom. The van der Waals surface area contributed by atoms with Gasteiger partial charge >= 0.3 is 0 Å². The second kappa shape index (κ2) is 2.98. The number of hydrogen-bond acceptors (Lipinski definition) is 0. The summed E-state index contributed by atoms with van der Waals surface area (Å²) in [5.41, 5.74) is 0. The molecule has 0 aromatic carbocycles. The van der Waals surface area contributed by atoms with E-state index in [4.69, 9.17) is 0 Å². The SMILES string of the molecule is C[SiH2][Si](C)(C)[SiH](C)C. The topological polar surface area (TPSA) is 0 Å². The molecule has 0 spiro atoms. The van der Waals surface area contributed by atoms with Gasteiger partial charge in [0.15, 0.2) is 0 Å². The van der Waals surface area contributed by atoms with Crippen LogP contribution in [0.5, 0.6) is 0 Å². The zero-order valence-corrected chi connectivity index (χ0v) is 10.4. The highest BCUT2D eigenvalue weighted by molar-refractivity contribution is 7.54. The fourth-order valence-electron chi connectivity index (χ4n) is 0.408. The smallest absolute Gasteiger partial charge is 0.0251 e. The lowest BCUT2D eigenvalue weighted by atomic mass is 11.9. The van der Waals surface area contributed by atoms with Gasteiger partial charge in [-0.1, -0.05) is 32.7 Å². The zero-order chi connectivity index (χ0) is 6.78. The predicted octanol–water partition coefficient (Wildman–Crippen LogP) is 0.973. The van der Waals surface area contributed by atoms with E-state index < -0.39 is 7.11 Å². The quantitative estimate of drug-likeness (QED) is 0.531. The molecule has 0 aliphatic rings. The maximum Gasteiger partial charge on any atom is 0.0251 e. The van der Waals surface area contributed by atoms with Crippen molar-refractivity contribution in [3.05, 3.63) is 0 Å². The summed E-state index contributed by atoms with van der Waals surface area (Å²) in [7, 11) is -0.261. The molecule has 0 aliphatic heterocycles. The minimum atomic E-state index is -0.477. The van der Waals surface area contributed by atoms with Crippen LogP contribution in [-0.4, -0.2) is 24.5 Å². The number of hydrogen-bond donors (Lipinski definition) is 0. The first-order chi connectivity index (χ1) is 3.50. The molecule has 0 atom stereocenters. The maximum atomic E-state index is 2.58. The van der Waals surface area contributed by atoms with E-state index in [-0.39, 0.29) is 8.31 Å². The average Bonchev–Trinajstić information content (AvgIpc) is 1.67. The van der Waals surface area contributed by atoms with Crippen LogP contribution in [0.15, 0.2) is 0 Å². The summed E-state index contributed by atoms with van der Waals surface area (Å²) in [5.74, 6) is 0. The van der Waals surface area contributed by atoms with Crippen molar-refractivity contribution in [3.63, 3.8) is 0 Å². The molecule has 0 N–H and O–H groups in total. The summed E-state index contributed by atoms with van der Waals surface area (Å²) >= 11 is 0. The minimum Gasteiger partial charge on any atom is -0.0768 e. The first-order valence-corrected chi connectivity index (χ1v) is 14.4. The van der Waals surface area contributed by atoms with Crippen LogP contribution < -0.4 is 0 Å². The fraction of sp³-hybridized carbons (Fsp3) is 1.00. The Hall–Kier alpha value is 0.651. The molecule has 0 heterocycles. The van der Waals surface area contributed by atoms with Gasteiger partial charge in [-0.15, -0.1) is 0 Å². The first kappa shape index (κ1) is 8.65. The van der Waals surface area contributed by atoms with Crippen molar-refractivity contribution in [1.29, 1.82) is 0 Å². The van der Waals surface area contributed by atoms with Crippen LogP contribution in [-0.2, 0) is 0 Å². The molecule has 0 aliphatic carbocycles. The van der Waals surface area contributed by atoms with E-state index >= 15 is 0 Å². The third-order valence-corrected chi connectivity index (χ3v) is 33.3. The van der Waals surface area contributed by atoms with Gasteiger partial charge in [0.1, 0.15) is 0 Å². The third kappa shape index (κ3) is 2.28. The van der Waals surface area contributed by atoms with Crippen molar-refractivity contribution in [2.24, 2.45) is 0 Å². The lowest BCUT2D eigenvalue weighted by Gasteiger charge is -2.23. The largest absolute Gasteiger partial charge is 0.0768 e. The van der Waals surface area contributed by atoms with Crippen LogP contribution in [0.4, 0.5) is 0 Å². The van der Waals surface area contributed by atoms with Crippen molar-refractivity contribution in [1.82, 2.24) is 0 Å². The Bertz CT molecular complexity index is 68.1. The van der Waals surface area contributed by atoms with Crippen LogP contribution in [0.1, 0.15) is 0 Å². The van der Waals surface area contributed by atoms with Gasteiger partial charge in [-0.3, -0.25) is 0 Å². The van der Waals surface area contributed by atoms with E-state index in [0.717, 1.165) is 0 Å². The number of rotatable bonds is 2. The fourth-order valence-corrected chi connectivity index (χ4v) is 11.0. The third-order valence-electron chi connectivity index (χ3n) is 2.47. The molecule has 0 bridgehead atoms. The molecule has 0 fully saturated rings. The first-order valence-electron chi connectivity index (χ1n) is 3.50. The summed E-state index contributed by atoms with van der Waals surface area (Å²) in [4.78, 5) is 0. The molecule has 0 amide bonds. The molecule has 50 valence electrons. The van der Waals surface area contributed by atoms with E-state index in [1.54, 1.807) is 0 Å². The van der Waals surface area contributed by atoms with E-state index in [1.807, 2.05) is 0 Å². The van der Waals surface area contributed by atoms with Gasteiger partial charge in [0, 0.05) is 24.5 Å². The van der Waals surface area contributed by atoms with Gasteiger partial charge in [0.25, 0.3) is 0 Å². The zero-order valence-electron chi connectivity index (χ0n) is 6.78. The van der Waals surface area contributed by atoms with Gasteiger partial charge in [0.2, 0.25) is 0 Å². The summed E-state index contributed by atoms with van der Waals surface area (Å²) in [6.07, 6.45) is 0. The molecule has 0 unspecified atom stereocenters. The van der Waals surface area contributed by atoms with E-state index in [9.17, 15) is 0 Å². The standard InChI is InChI=1S/C5H18Si3/c1-6-8(4,5)7(2)3/h7H,6H2,1-5H3. The summed E-state index contributed by atoms with van der Waals surface area (Å²) in [5, 5.41) is 0. The predicted molar refractivity (Wildman–Crippen MR) is 50.8 cm³/mol. The summed E-state index contributed by atoms with van der Waals surface area (Å²) in [6, 6.07) is 0. The van der Waals surface area contributed by atoms with Crippen LogP contribution in [0, 0.1) is 0 Å². The second-order valence-electron chi connectivity index (χ2n) is 3.50. The van der Waals surface area contributed by atoms with E-state index in [0.29, 0.717) is 9.04 Å². The lowest BCUT2D eigenvalue weighted by Crippen LogP contribution is -2.46. The monoisotopic (exact) mass is 162 g/mol. The van der Waals surface area contributed by atoms with Gasteiger partial charge in [0.05, 0.1) is 0 Å². The molecule has 0 nitrogen and oxygen atoms in total. The molecular weight excluding hydrogens is 144 g/mol. The Morgan fingerprint density at radius 1 is 1.25 bits per heavy atom. The molecule has 8 heavy (non-hydrogen) atoms. The Morgan fingerprint density at radius 2 is 1.62 bits per heavy atom. The molecule has 0 rings (SSSR count). The lowest BCUT2D eigenvalue weighted by molar-refractivity contribution is 1.93. The van der Waals surface area contributed by atoms with Gasteiger partial charge in [-0.05, 0) is 0 Å². The average molecular weight is 162 g/mol. The van der Waals surface area contributed by atoms with Crippen molar-refractivity contribution in [2.45, 2.75) is 32.7 Å². The maximum absolute atomic E-state index is 2.58. The van der Waals surface area contributed by atoms with Crippen LogP contribution in [0.25, 0.3) is 0 Å². The molecule has 3 heteroatoms. The highest BCUT2D eigenvalue weighted by atomic mass is 29.6. The summed E-state index contributed by atoms with van der Waals surface area (Å²) in [6.45, 7) is 12.7. The molecule has 0 saturated heterocycles. The van der Waals surface area contributed by atoms with Crippen molar-refractivity contribution in [3.8, 4) is 0 Å². The highest BCUT2D eigenvalue weighted by Gasteiger charge is 2.22. The van der Waals surface area contributed by atoms with Crippen LogP contribution in [0.3, 0.4) is 0 Å². The molecule has 0 aromatic rings. The molecule has 0 radical (unpaired) electrons. The Kier molecular flexibility index (Phi) is 3.23. The van der Waals surface area contributed by atoms with Gasteiger partial charge in [-0.2, -0.15) is 0 Å². The Labute approximate surface area is 57.7 Å². The summed E-state index contributed by atoms with van der Waals surface area (Å²) < 4.78 is 0. The second-order valence-corrected chi connectivity index (χ2v) is 28.7. The van der Waals surface area contributed by atoms with E-state index in [2.05, 4.69) is 32.7 Å². The van der Waals surface area contributed by atoms with Crippen LogP contribution in [0.2, 0.25) is 32.7 Å². The van der Waals surface area contributed by atoms with E-state index in [1.165, 1.54) is 0 Å². The van der Waals surface area contributed by atoms with Crippen molar-refractivity contribution < 1.29 is 0 Å². The van der Waals surface area contributed by atoms with Crippen molar-refractivity contribution in [2.75, 3.05) is 0 Å². The van der Waals surface area contributed by atoms with Gasteiger partial charge in [-0.25, -0.2) is 0 Å². The van der Waals surface area contributed by atoms with Crippen LogP contribution >= 0.6 is 0 Å².